The molecule has 8 heteroatoms. The van der Waals surface area contributed by atoms with Gasteiger partial charge in [-0.1, -0.05) is 6.92 Å². The molecule has 0 radical (unpaired) electrons. The van der Waals surface area contributed by atoms with Crippen LogP contribution in [0.4, 0.5) is 0 Å². The number of aliphatic hydroxyl groups is 6. The van der Waals surface area contributed by atoms with Crippen molar-refractivity contribution in [1.29, 1.82) is 0 Å². The van der Waals surface area contributed by atoms with Crippen LogP contribution in [-0.4, -0.2) is 65.5 Å². The number of rotatable bonds is 5. The third-order valence-corrected chi connectivity index (χ3v) is 2.21. The molecule has 0 spiro atoms. The van der Waals surface area contributed by atoms with Crippen LogP contribution in [0.3, 0.4) is 0 Å². The van der Waals surface area contributed by atoms with Gasteiger partial charge in [0.05, 0.1) is 6.61 Å². The Morgan fingerprint density at radius 3 is 1.73 bits per heavy atom. The Kier molecular flexibility index (Phi) is 3.80. The van der Waals surface area contributed by atoms with E-state index in [0.29, 0.717) is 0 Å². The highest BCUT2D eigenvalue weighted by atomic mass is 16.6. The molecule has 0 rings (SSSR count). The van der Waals surface area contributed by atoms with Crippen LogP contribution >= 0.6 is 0 Å². The fourth-order valence-corrected chi connectivity index (χ4v) is 0.905. The van der Waals surface area contributed by atoms with E-state index in [1.807, 2.05) is 0 Å². The highest BCUT2D eigenvalue weighted by molar-refractivity contribution is 5.79. The first-order valence-corrected chi connectivity index (χ1v) is 4.03. The Hall–Kier alpha value is -0.770. The molecule has 0 bridgehead atoms. The van der Waals surface area contributed by atoms with E-state index in [9.17, 15) is 20.1 Å². The van der Waals surface area contributed by atoms with Crippen molar-refractivity contribution in [3.05, 3.63) is 0 Å². The Morgan fingerprint density at radius 1 is 1.13 bits per heavy atom. The van der Waals surface area contributed by atoms with Crippen LogP contribution in [-0.2, 0) is 4.79 Å². The topological polar surface area (TPSA) is 159 Å². The number of aliphatic carboxylic acids is 1. The minimum atomic E-state index is -3.81. The molecule has 0 aliphatic rings. The van der Waals surface area contributed by atoms with Gasteiger partial charge in [0.25, 0.3) is 5.79 Å². The predicted octanol–water partition coefficient (Wildman–Crippen LogP) is -3.43. The predicted molar refractivity (Wildman–Crippen MR) is 44.3 cm³/mol. The van der Waals surface area contributed by atoms with Crippen molar-refractivity contribution < 1.29 is 40.5 Å². The van der Waals surface area contributed by atoms with Crippen LogP contribution in [0.25, 0.3) is 0 Å². The Labute approximate surface area is 84.7 Å². The first-order chi connectivity index (χ1) is 6.56. The summed E-state index contributed by atoms with van der Waals surface area (Å²) in [6.45, 7) is -0.487. The van der Waals surface area contributed by atoms with Crippen molar-refractivity contribution in [2.24, 2.45) is 0 Å². The molecular weight excluding hydrogens is 212 g/mol. The summed E-state index contributed by atoms with van der Waals surface area (Å²) in [6, 6.07) is 0. The number of carboxylic acids is 1. The molecule has 8 nitrogen and oxygen atoms in total. The quantitative estimate of drug-likeness (QED) is 0.238. The Morgan fingerprint density at radius 2 is 1.53 bits per heavy atom. The molecule has 0 saturated carbocycles. The van der Waals surface area contributed by atoms with Crippen molar-refractivity contribution in [1.82, 2.24) is 0 Å². The number of aliphatic hydroxyl groups excluding tert-OH is 1. The summed E-state index contributed by atoms with van der Waals surface area (Å²) in [5.41, 5.74) is -3.49. The van der Waals surface area contributed by atoms with E-state index in [0.717, 1.165) is 6.92 Å². The van der Waals surface area contributed by atoms with Gasteiger partial charge in [-0.2, -0.15) is 0 Å². The van der Waals surface area contributed by atoms with Gasteiger partial charge in [-0.05, 0) is 0 Å². The largest absolute Gasteiger partial charge is 0.479 e. The molecule has 0 aromatic rings. The molecule has 1 unspecified atom stereocenters. The first-order valence-electron chi connectivity index (χ1n) is 4.03. The molecule has 0 saturated heterocycles. The second kappa shape index (κ2) is 4.00. The normalized spacial score (nSPS) is 17.3. The molecule has 0 fully saturated rings. The summed E-state index contributed by atoms with van der Waals surface area (Å²) in [7, 11) is 0. The fourth-order valence-electron chi connectivity index (χ4n) is 0.905. The zero-order valence-electron chi connectivity index (χ0n) is 7.95. The number of hydrogen-bond donors (Lipinski definition) is 7. The number of carbonyl (C=O) groups is 1. The van der Waals surface area contributed by atoms with E-state index < -0.39 is 36.2 Å². The minimum Gasteiger partial charge on any atom is -0.479 e. The molecule has 15 heavy (non-hydrogen) atoms. The first kappa shape index (κ1) is 14.2. The van der Waals surface area contributed by atoms with Crippen molar-refractivity contribution in [3.8, 4) is 0 Å². The molecular formula is C7H14O8. The van der Waals surface area contributed by atoms with Crippen LogP contribution < -0.4 is 0 Å². The molecule has 90 valence electrons. The standard InChI is InChI=1S/C7H14O8/c1-2-6(12,13)7(14,15)5(11,3-8)4(9)10/h8,11-15H,2-3H2,1H3,(H,9,10). The molecule has 0 amide bonds. The van der Waals surface area contributed by atoms with Gasteiger partial charge in [-0.25, -0.2) is 4.79 Å². The molecule has 0 heterocycles. The molecule has 0 aliphatic carbocycles. The summed E-state index contributed by atoms with van der Waals surface area (Å²) in [6.07, 6.45) is -0.671. The number of hydrogen-bond acceptors (Lipinski definition) is 7. The smallest absolute Gasteiger partial charge is 0.344 e. The maximum absolute atomic E-state index is 10.5. The lowest BCUT2D eigenvalue weighted by molar-refractivity contribution is -0.406. The SMILES string of the molecule is CCC(O)(O)C(O)(O)C(O)(CO)C(=O)O. The van der Waals surface area contributed by atoms with E-state index in [4.69, 9.17) is 20.4 Å². The van der Waals surface area contributed by atoms with Crippen molar-refractivity contribution in [3.63, 3.8) is 0 Å². The van der Waals surface area contributed by atoms with Gasteiger partial charge in [0.1, 0.15) is 0 Å². The van der Waals surface area contributed by atoms with Gasteiger partial charge in [0, 0.05) is 6.42 Å². The summed E-state index contributed by atoms with van der Waals surface area (Å²) in [5, 5.41) is 62.8. The third-order valence-electron chi connectivity index (χ3n) is 2.21. The minimum absolute atomic E-state index is 0.671. The van der Waals surface area contributed by atoms with E-state index in [1.165, 1.54) is 0 Å². The lowest BCUT2D eigenvalue weighted by Crippen LogP contribution is -2.72. The molecule has 0 aromatic carbocycles. The lowest BCUT2D eigenvalue weighted by Gasteiger charge is -2.42. The van der Waals surface area contributed by atoms with E-state index in [1.54, 1.807) is 0 Å². The van der Waals surface area contributed by atoms with E-state index >= 15 is 0 Å². The van der Waals surface area contributed by atoms with Gasteiger partial charge in [-0.3, -0.25) is 0 Å². The summed E-state index contributed by atoms with van der Waals surface area (Å²) >= 11 is 0. The monoisotopic (exact) mass is 226 g/mol. The second-order valence-corrected chi connectivity index (χ2v) is 3.17. The number of carboxylic acid groups (broad SMARTS) is 1. The lowest BCUT2D eigenvalue weighted by atomic mass is 9.85. The van der Waals surface area contributed by atoms with Gasteiger partial charge in [-0.15, -0.1) is 0 Å². The Balaban J connectivity index is 5.42. The average Bonchev–Trinajstić information content (AvgIpc) is 2.15. The van der Waals surface area contributed by atoms with E-state index in [-0.39, 0.29) is 0 Å². The van der Waals surface area contributed by atoms with Crippen molar-refractivity contribution in [2.45, 2.75) is 30.5 Å². The second-order valence-electron chi connectivity index (χ2n) is 3.17. The van der Waals surface area contributed by atoms with Crippen molar-refractivity contribution in [2.75, 3.05) is 6.61 Å². The highest BCUT2D eigenvalue weighted by Gasteiger charge is 2.65. The molecule has 0 aromatic heterocycles. The average molecular weight is 226 g/mol. The van der Waals surface area contributed by atoms with Gasteiger partial charge in [0.15, 0.2) is 0 Å². The van der Waals surface area contributed by atoms with Crippen LogP contribution in [0, 0.1) is 0 Å². The maximum Gasteiger partial charge on any atom is 0.344 e. The van der Waals surface area contributed by atoms with Gasteiger partial charge in [0.2, 0.25) is 11.4 Å². The van der Waals surface area contributed by atoms with Crippen molar-refractivity contribution >= 4 is 5.97 Å². The highest BCUT2D eigenvalue weighted by Crippen LogP contribution is 2.31. The molecule has 1 atom stereocenters. The van der Waals surface area contributed by atoms with Crippen LogP contribution in [0.1, 0.15) is 13.3 Å². The summed E-state index contributed by atoms with van der Waals surface area (Å²) < 4.78 is 0. The summed E-state index contributed by atoms with van der Waals surface area (Å²) in [4.78, 5) is 10.5. The summed E-state index contributed by atoms with van der Waals surface area (Å²) in [5.74, 6) is -9.28. The fraction of sp³-hybridized carbons (Fsp3) is 0.857. The molecule has 7 N–H and O–H groups in total. The van der Waals surface area contributed by atoms with Gasteiger partial charge < -0.3 is 35.7 Å². The van der Waals surface area contributed by atoms with E-state index in [2.05, 4.69) is 0 Å². The zero-order valence-corrected chi connectivity index (χ0v) is 7.95. The van der Waals surface area contributed by atoms with Crippen LogP contribution in [0.2, 0.25) is 0 Å². The molecule has 0 aliphatic heterocycles. The maximum atomic E-state index is 10.5. The van der Waals surface area contributed by atoms with Gasteiger partial charge >= 0.3 is 5.97 Å². The van der Waals surface area contributed by atoms with Crippen LogP contribution in [0.15, 0.2) is 0 Å². The Bertz CT molecular complexity index is 247. The van der Waals surface area contributed by atoms with Crippen LogP contribution in [0.5, 0.6) is 0 Å². The zero-order chi connectivity index (χ0) is 12.5. The third kappa shape index (κ3) is 1.95.